The van der Waals surface area contributed by atoms with Crippen LogP contribution in [-0.2, 0) is 0 Å². The maximum atomic E-state index is 8.91. The molecule has 3 N–H and O–H groups in total. The van der Waals surface area contributed by atoms with Gasteiger partial charge in [-0.2, -0.15) is 0 Å². The van der Waals surface area contributed by atoms with E-state index in [9.17, 15) is 0 Å². The van der Waals surface area contributed by atoms with Gasteiger partial charge in [-0.1, -0.05) is 24.2 Å². The highest BCUT2D eigenvalue weighted by Crippen LogP contribution is 2.33. The first-order valence-corrected chi connectivity index (χ1v) is 6.38. The molecule has 1 saturated heterocycles. The van der Waals surface area contributed by atoms with E-state index in [1.807, 2.05) is 12.1 Å². The van der Waals surface area contributed by atoms with E-state index in [1.165, 1.54) is 12.0 Å². The number of aryl methyl sites for hydroxylation is 1. The lowest BCUT2D eigenvalue weighted by Crippen LogP contribution is -2.30. The summed E-state index contributed by atoms with van der Waals surface area (Å²) in [6.45, 7) is 7.58. The predicted octanol–water partition coefficient (Wildman–Crippen LogP) is 2.32. The second-order valence-corrected chi connectivity index (χ2v) is 5.30. The monoisotopic (exact) mass is 247 g/mol. The molecule has 18 heavy (non-hydrogen) atoms. The fraction of sp³-hybridized carbons (Fsp3) is 0.500. The Morgan fingerprint density at radius 3 is 2.72 bits per heavy atom. The van der Waals surface area contributed by atoms with Crippen LogP contribution in [0.15, 0.2) is 23.4 Å². The number of para-hydroxylation sites is 1. The number of nitrogens with zero attached hydrogens (tertiary/aromatic N) is 2. The van der Waals surface area contributed by atoms with Crippen molar-refractivity contribution < 1.29 is 5.21 Å². The summed E-state index contributed by atoms with van der Waals surface area (Å²) in [5.74, 6) is 0.861. The van der Waals surface area contributed by atoms with Crippen molar-refractivity contribution in [1.82, 2.24) is 0 Å². The normalized spacial score (nSPS) is 24.6. The Bertz CT molecular complexity index is 470. The third kappa shape index (κ3) is 2.15. The van der Waals surface area contributed by atoms with Crippen LogP contribution >= 0.6 is 0 Å². The van der Waals surface area contributed by atoms with Crippen molar-refractivity contribution in [1.29, 1.82) is 0 Å². The lowest BCUT2D eigenvalue weighted by Gasteiger charge is -2.28. The van der Waals surface area contributed by atoms with Gasteiger partial charge in [0.25, 0.3) is 0 Å². The van der Waals surface area contributed by atoms with Crippen LogP contribution in [-0.4, -0.2) is 23.6 Å². The van der Waals surface area contributed by atoms with Crippen molar-refractivity contribution in [3.05, 3.63) is 29.3 Å². The van der Waals surface area contributed by atoms with Gasteiger partial charge in [0, 0.05) is 18.2 Å². The predicted molar refractivity (Wildman–Crippen MR) is 74.3 cm³/mol. The van der Waals surface area contributed by atoms with Crippen LogP contribution in [0.2, 0.25) is 0 Å². The molecule has 1 fully saturated rings. The van der Waals surface area contributed by atoms with Gasteiger partial charge in [-0.3, -0.25) is 0 Å². The van der Waals surface area contributed by atoms with E-state index in [2.05, 4.69) is 36.9 Å². The molecule has 4 heteroatoms. The zero-order valence-corrected chi connectivity index (χ0v) is 11.2. The highest BCUT2D eigenvalue weighted by molar-refractivity contribution is 6.02. The van der Waals surface area contributed by atoms with Crippen LogP contribution < -0.4 is 10.6 Å². The van der Waals surface area contributed by atoms with E-state index in [1.54, 1.807) is 0 Å². The summed E-state index contributed by atoms with van der Waals surface area (Å²) in [5, 5.41) is 12.1. The van der Waals surface area contributed by atoms with E-state index >= 15 is 0 Å². The minimum Gasteiger partial charge on any atom is -0.409 e. The SMILES string of the molecule is Cc1cccc(/C(N)=N/O)c1N1CC(C)CC1C. The highest BCUT2D eigenvalue weighted by Gasteiger charge is 2.29. The van der Waals surface area contributed by atoms with Crippen molar-refractivity contribution in [2.24, 2.45) is 16.8 Å². The Labute approximate surface area is 108 Å². The van der Waals surface area contributed by atoms with Gasteiger partial charge in [-0.25, -0.2) is 0 Å². The maximum absolute atomic E-state index is 8.91. The van der Waals surface area contributed by atoms with Gasteiger partial charge in [0.05, 0.1) is 5.69 Å². The van der Waals surface area contributed by atoms with Gasteiger partial charge in [0.2, 0.25) is 0 Å². The van der Waals surface area contributed by atoms with Crippen LogP contribution in [0.4, 0.5) is 5.69 Å². The molecule has 0 spiro atoms. The Kier molecular flexibility index (Phi) is 3.45. The van der Waals surface area contributed by atoms with E-state index < -0.39 is 0 Å². The van der Waals surface area contributed by atoms with Crippen molar-refractivity contribution in [3.8, 4) is 0 Å². The smallest absolute Gasteiger partial charge is 0.172 e. The van der Waals surface area contributed by atoms with E-state index in [-0.39, 0.29) is 5.84 Å². The van der Waals surface area contributed by atoms with Crippen LogP contribution in [0.1, 0.15) is 31.4 Å². The van der Waals surface area contributed by atoms with E-state index in [0.29, 0.717) is 12.0 Å². The van der Waals surface area contributed by atoms with Crippen LogP contribution in [0.25, 0.3) is 0 Å². The molecule has 0 amide bonds. The van der Waals surface area contributed by atoms with E-state index in [0.717, 1.165) is 17.8 Å². The minimum atomic E-state index is 0.181. The number of amidine groups is 1. The Hall–Kier alpha value is -1.71. The molecule has 0 bridgehead atoms. The summed E-state index contributed by atoms with van der Waals surface area (Å²) in [5.41, 5.74) is 8.87. The number of oxime groups is 1. The molecule has 2 atom stereocenters. The summed E-state index contributed by atoms with van der Waals surface area (Å²) < 4.78 is 0. The van der Waals surface area contributed by atoms with Gasteiger partial charge >= 0.3 is 0 Å². The molecule has 98 valence electrons. The first-order chi connectivity index (χ1) is 8.54. The summed E-state index contributed by atoms with van der Waals surface area (Å²) in [7, 11) is 0. The molecular formula is C14H21N3O. The molecule has 0 aliphatic carbocycles. The minimum absolute atomic E-state index is 0.181. The van der Waals surface area contributed by atoms with Crippen LogP contribution in [0, 0.1) is 12.8 Å². The summed E-state index contributed by atoms with van der Waals surface area (Å²) in [4.78, 5) is 2.37. The number of hydrogen-bond acceptors (Lipinski definition) is 3. The maximum Gasteiger partial charge on any atom is 0.172 e. The van der Waals surface area contributed by atoms with Crippen molar-refractivity contribution in [2.45, 2.75) is 33.2 Å². The molecule has 0 radical (unpaired) electrons. The molecule has 2 rings (SSSR count). The first kappa shape index (κ1) is 12.7. The average molecular weight is 247 g/mol. The highest BCUT2D eigenvalue weighted by atomic mass is 16.4. The number of benzene rings is 1. The average Bonchev–Trinajstić information content (AvgIpc) is 2.67. The standard InChI is InChI=1S/C14H21N3O/c1-9-7-11(3)17(8-9)13-10(2)5-4-6-12(13)14(15)16-18/h4-6,9,11,18H,7-8H2,1-3H3,(H2,15,16). The Balaban J connectivity index is 2.49. The van der Waals surface area contributed by atoms with Crippen molar-refractivity contribution in [3.63, 3.8) is 0 Å². The topological polar surface area (TPSA) is 61.9 Å². The van der Waals surface area contributed by atoms with Crippen molar-refractivity contribution in [2.75, 3.05) is 11.4 Å². The van der Waals surface area contributed by atoms with Crippen LogP contribution in [0.3, 0.4) is 0 Å². The van der Waals surface area contributed by atoms with Gasteiger partial charge in [0.15, 0.2) is 5.84 Å². The third-order valence-corrected chi connectivity index (χ3v) is 3.69. The van der Waals surface area contributed by atoms with E-state index in [4.69, 9.17) is 10.9 Å². The summed E-state index contributed by atoms with van der Waals surface area (Å²) >= 11 is 0. The quantitative estimate of drug-likeness (QED) is 0.365. The number of nitrogens with two attached hydrogens (primary N) is 1. The molecule has 1 aromatic carbocycles. The number of hydrogen-bond donors (Lipinski definition) is 2. The van der Waals surface area contributed by atoms with Gasteiger partial charge in [0.1, 0.15) is 0 Å². The Morgan fingerprint density at radius 1 is 1.44 bits per heavy atom. The summed E-state index contributed by atoms with van der Waals surface area (Å²) in [6, 6.07) is 6.41. The molecular weight excluding hydrogens is 226 g/mol. The molecule has 0 saturated carbocycles. The second kappa shape index (κ2) is 4.88. The molecule has 4 nitrogen and oxygen atoms in total. The van der Waals surface area contributed by atoms with Crippen LogP contribution in [0.5, 0.6) is 0 Å². The first-order valence-electron chi connectivity index (χ1n) is 6.38. The lowest BCUT2D eigenvalue weighted by atomic mass is 10.1. The third-order valence-electron chi connectivity index (χ3n) is 3.69. The molecule has 1 aromatic rings. The molecule has 1 aliphatic heterocycles. The summed E-state index contributed by atoms with van der Waals surface area (Å²) in [6.07, 6.45) is 1.18. The fourth-order valence-corrected chi connectivity index (χ4v) is 2.91. The zero-order valence-electron chi connectivity index (χ0n) is 11.2. The molecule has 2 unspecified atom stereocenters. The van der Waals surface area contributed by atoms with Gasteiger partial charge < -0.3 is 15.8 Å². The number of anilines is 1. The van der Waals surface area contributed by atoms with Crippen molar-refractivity contribution >= 4 is 11.5 Å². The molecule has 0 aromatic heterocycles. The lowest BCUT2D eigenvalue weighted by molar-refractivity contribution is 0.318. The second-order valence-electron chi connectivity index (χ2n) is 5.30. The zero-order chi connectivity index (χ0) is 13.3. The number of rotatable bonds is 2. The fourth-order valence-electron chi connectivity index (χ4n) is 2.91. The largest absolute Gasteiger partial charge is 0.409 e. The Morgan fingerprint density at radius 2 is 2.17 bits per heavy atom. The molecule has 1 heterocycles. The molecule has 1 aliphatic rings. The van der Waals surface area contributed by atoms with Gasteiger partial charge in [-0.05, 0) is 37.8 Å². The van der Waals surface area contributed by atoms with Gasteiger partial charge in [-0.15, -0.1) is 0 Å².